The van der Waals surface area contributed by atoms with Crippen molar-refractivity contribution in [2.24, 2.45) is 5.73 Å². The van der Waals surface area contributed by atoms with Crippen LogP contribution >= 0.6 is 0 Å². The highest BCUT2D eigenvalue weighted by Gasteiger charge is 2.17. The van der Waals surface area contributed by atoms with Crippen LogP contribution in [0.1, 0.15) is 31.5 Å². The second-order valence-corrected chi connectivity index (χ2v) is 4.39. The van der Waals surface area contributed by atoms with Gasteiger partial charge in [-0.25, -0.2) is 0 Å². The zero-order valence-electron chi connectivity index (χ0n) is 10.7. The van der Waals surface area contributed by atoms with E-state index in [2.05, 4.69) is 10.1 Å². The van der Waals surface area contributed by atoms with Crippen molar-refractivity contribution in [3.8, 4) is 11.5 Å². The minimum atomic E-state index is -0.391. The zero-order chi connectivity index (χ0) is 13.1. The third-order valence-electron chi connectivity index (χ3n) is 2.36. The summed E-state index contributed by atoms with van der Waals surface area (Å²) in [4.78, 5) is 4.23. The first-order chi connectivity index (χ1) is 8.56. The van der Waals surface area contributed by atoms with E-state index in [0.717, 1.165) is 11.3 Å². The zero-order valence-corrected chi connectivity index (χ0v) is 10.7. The van der Waals surface area contributed by atoms with Gasteiger partial charge < -0.3 is 19.4 Å². The normalized spacial score (nSPS) is 13.2. The van der Waals surface area contributed by atoms with Gasteiger partial charge in [-0.15, -0.1) is 0 Å². The molecule has 1 atom stereocenters. The van der Waals surface area contributed by atoms with Crippen LogP contribution in [0.5, 0.6) is 0 Å². The van der Waals surface area contributed by atoms with E-state index in [1.54, 1.807) is 6.26 Å². The van der Waals surface area contributed by atoms with Crippen LogP contribution in [0, 0.1) is 6.92 Å². The molecule has 18 heavy (non-hydrogen) atoms. The number of aromatic nitrogens is 2. The van der Waals surface area contributed by atoms with Gasteiger partial charge in [0, 0.05) is 0 Å². The standard InChI is InChI=1S/C12H17N3O3/c1-7(2)16-6-10(13)11-14-12(18-15-11)9-4-8(3)17-5-9/h4-5,7,10H,6,13H2,1-3H3. The van der Waals surface area contributed by atoms with Crippen LogP contribution in [0.4, 0.5) is 0 Å². The Bertz CT molecular complexity index is 504. The van der Waals surface area contributed by atoms with Gasteiger partial charge in [0.05, 0.1) is 24.3 Å². The second-order valence-electron chi connectivity index (χ2n) is 4.39. The van der Waals surface area contributed by atoms with Crippen LogP contribution in [0.2, 0.25) is 0 Å². The van der Waals surface area contributed by atoms with Crippen molar-refractivity contribution in [2.45, 2.75) is 32.9 Å². The molecule has 0 saturated heterocycles. The number of furan rings is 1. The summed E-state index contributed by atoms with van der Waals surface area (Å²) < 4.78 is 15.7. The summed E-state index contributed by atoms with van der Waals surface area (Å²) >= 11 is 0. The van der Waals surface area contributed by atoms with Crippen molar-refractivity contribution in [1.82, 2.24) is 10.1 Å². The molecule has 0 fully saturated rings. The van der Waals surface area contributed by atoms with E-state index in [4.69, 9.17) is 19.4 Å². The number of rotatable bonds is 5. The molecule has 98 valence electrons. The maximum absolute atomic E-state index is 5.91. The molecule has 2 rings (SSSR count). The molecule has 0 aliphatic carbocycles. The van der Waals surface area contributed by atoms with Crippen LogP contribution in [0.15, 0.2) is 21.3 Å². The second kappa shape index (κ2) is 5.32. The summed E-state index contributed by atoms with van der Waals surface area (Å²) in [6, 6.07) is 1.44. The van der Waals surface area contributed by atoms with Crippen LogP contribution in [-0.2, 0) is 4.74 Å². The van der Waals surface area contributed by atoms with E-state index in [1.807, 2.05) is 26.8 Å². The molecule has 0 bridgehead atoms. The monoisotopic (exact) mass is 251 g/mol. The molecular weight excluding hydrogens is 234 g/mol. The largest absolute Gasteiger partial charge is 0.469 e. The number of aryl methyl sites for hydroxylation is 1. The Kier molecular flexibility index (Phi) is 3.78. The predicted molar refractivity (Wildman–Crippen MR) is 64.8 cm³/mol. The molecule has 0 aromatic carbocycles. The van der Waals surface area contributed by atoms with Gasteiger partial charge in [-0.3, -0.25) is 0 Å². The summed E-state index contributed by atoms with van der Waals surface area (Å²) in [5.41, 5.74) is 6.66. The fraction of sp³-hybridized carbons (Fsp3) is 0.500. The molecule has 0 aliphatic rings. The number of nitrogens with two attached hydrogens (primary N) is 1. The minimum Gasteiger partial charge on any atom is -0.469 e. The average molecular weight is 251 g/mol. The topological polar surface area (TPSA) is 87.3 Å². The first-order valence-corrected chi connectivity index (χ1v) is 5.82. The summed E-state index contributed by atoms with van der Waals surface area (Å²) in [6.07, 6.45) is 1.70. The van der Waals surface area contributed by atoms with Gasteiger partial charge in [-0.05, 0) is 26.8 Å². The summed E-state index contributed by atoms with van der Waals surface area (Å²) in [6.45, 7) is 6.11. The Morgan fingerprint density at radius 3 is 2.83 bits per heavy atom. The molecule has 2 N–H and O–H groups in total. The Hall–Kier alpha value is -1.66. The number of hydrogen-bond acceptors (Lipinski definition) is 6. The van der Waals surface area contributed by atoms with Crippen molar-refractivity contribution in [3.05, 3.63) is 23.9 Å². The van der Waals surface area contributed by atoms with Gasteiger partial charge in [-0.1, -0.05) is 5.16 Å². The summed E-state index contributed by atoms with van der Waals surface area (Å²) in [5, 5.41) is 3.85. The third kappa shape index (κ3) is 2.96. The Morgan fingerprint density at radius 2 is 2.22 bits per heavy atom. The van der Waals surface area contributed by atoms with Gasteiger partial charge in [0.1, 0.15) is 12.0 Å². The van der Waals surface area contributed by atoms with Crippen molar-refractivity contribution in [3.63, 3.8) is 0 Å². The average Bonchev–Trinajstić information content (AvgIpc) is 2.93. The first kappa shape index (κ1) is 12.8. The van der Waals surface area contributed by atoms with E-state index in [-0.39, 0.29) is 6.10 Å². The van der Waals surface area contributed by atoms with Gasteiger partial charge in [-0.2, -0.15) is 4.98 Å². The van der Waals surface area contributed by atoms with Crippen LogP contribution in [0.25, 0.3) is 11.5 Å². The van der Waals surface area contributed by atoms with E-state index in [1.165, 1.54) is 0 Å². The van der Waals surface area contributed by atoms with E-state index >= 15 is 0 Å². The van der Waals surface area contributed by atoms with Crippen molar-refractivity contribution in [1.29, 1.82) is 0 Å². The molecule has 2 heterocycles. The lowest BCUT2D eigenvalue weighted by molar-refractivity contribution is 0.0665. The molecule has 0 spiro atoms. The molecule has 2 aromatic rings. The lowest BCUT2D eigenvalue weighted by Crippen LogP contribution is -2.20. The number of nitrogens with zero attached hydrogens (tertiary/aromatic N) is 2. The lowest BCUT2D eigenvalue weighted by Gasteiger charge is -2.10. The smallest absolute Gasteiger partial charge is 0.261 e. The van der Waals surface area contributed by atoms with Crippen LogP contribution in [0.3, 0.4) is 0 Å². The van der Waals surface area contributed by atoms with Crippen molar-refractivity contribution in [2.75, 3.05) is 6.61 Å². The van der Waals surface area contributed by atoms with Crippen LogP contribution in [-0.4, -0.2) is 22.9 Å². The predicted octanol–water partition coefficient (Wildman–Crippen LogP) is 2.06. The molecule has 6 heteroatoms. The summed E-state index contributed by atoms with van der Waals surface area (Å²) in [5.74, 6) is 1.63. The highest BCUT2D eigenvalue weighted by Crippen LogP contribution is 2.21. The van der Waals surface area contributed by atoms with Crippen molar-refractivity contribution >= 4 is 0 Å². The first-order valence-electron chi connectivity index (χ1n) is 5.82. The minimum absolute atomic E-state index is 0.124. The highest BCUT2D eigenvalue weighted by atomic mass is 16.5. The van der Waals surface area contributed by atoms with E-state index in [0.29, 0.717) is 18.3 Å². The van der Waals surface area contributed by atoms with Gasteiger partial charge in [0.2, 0.25) is 0 Å². The highest BCUT2D eigenvalue weighted by molar-refractivity contribution is 5.51. The quantitative estimate of drug-likeness (QED) is 0.875. The maximum Gasteiger partial charge on any atom is 0.261 e. The molecule has 0 aliphatic heterocycles. The molecule has 0 amide bonds. The van der Waals surface area contributed by atoms with Gasteiger partial charge in [0.25, 0.3) is 5.89 Å². The molecule has 0 saturated carbocycles. The number of hydrogen-bond donors (Lipinski definition) is 1. The van der Waals surface area contributed by atoms with E-state index in [9.17, 15) is 0 Å². The van der Waals surface area contributed by atoms with Crippen LogP contribution < -0.4 is 5.73 Å². The van der Waals surface area contributed by atoms with Crippen molar-refractivity contribution < 1.29 is 13.7 Å². The lowest BCUT2D eigenvalue weighted by atomic mass is 10.3. The van der Waals surface area contributed by atoms with Gasteiger partial charge in [0.15, 0.2) is 5.82 Å². The molecule has 6 nitrogen and oxygen atoms in total. The SMILES string of the molecule is Cc1cc(-c2nc(C(N)COC(C)C)no2)co1. The fourth-order valence-corrected chi connectivity index (χ4v) is 1.43. The van der Waals surface area contributed by atoms with E-state index < -0.39 is 6.04 Å². The maximum atomic E-state index is 5.91. The molecule has 2 aromatic heterocycles. The molecule has 0 radical (unpaired) electrons. The summed E-state index contributed by atoms with van der Waals surface area (Å²) in [7, 11) is 0. The molecule has 1 unspecified atom stereocenters. The fourth-order valence-electron chi connectivity index (χ4n) is 1.43. The Morgan fingerprint density at radius 1 is 1.44 bits per heavy atom. The van der Waals surface area contributed by atoms with Gasteiger partial charge >= 0.3 is 0 Å². The Labute approximate surface area is 105 Å². The third-order valence-corrected chi connectivity index (χ3v) is 2.36. The Balaban J connectivity index is 2.06. The molecular formula is C12H17N3O3. The number of ether oxygens (including phenoxy) is 1.